The number of ether oxygens (including phenoxy) is 2. The number of para-hydroxylation sites is 4. The number of hydrogen-bond acceptors (Lipinski definition) is 4. The molecule has 166 valence electrons. The van der Waals surface area contributed by atoms with Gasteiger partial charge in [-0.2, -0.15) is 0 Å². The van der Waals surface area contributed by atoms with Crippen LogP contribution in [0.2, 0.25) is 0 Å². The van der Waals surface area contributed by atoms with Crippen LogP contribution in [-0.4, -0.2) is 0 Å². The molecule has 0 radical (unpaired) electrons. The zero-order valence-electron chi connectivity index (χ0n) is 18.5. The van der Waals surface area contributed by atoms with Crippen LogP contribution in [0.1, 0.15) is 0 Å². The molecule has 2 N–H and O–H groups in total. The predicted octanol–water partition coefficient (Wildman–Crippen LogP) is 8.76. The second kappa shape index (κ2) is 10.3. The minimum absolute atomic E-state index is 0.793. The second-order valence-corrected chi connectivity index (χ2v) is 7.67. The van der Waals surface area contributed by atoms with Crippen molar-refractivity contribution < 1.29 is 9.47 Å². The second-order valence-electron chi connectivity index (χ2n) is 7.67. The van der Waals surface area contributed by atoms with E-state index >= 15 is 0 Å². The quantitative estimate of drug-likeness (QED) is 0.251. The van der Waals surface area contributed by atoms with Gasteiger partial charge in [0, 0.05) is 11.4 Å². The van der Waals surface area contributed by atoms with Crippen molar-refractivity contribution in [2.45, 2.75) is 0 Å². The molecule has 0 aliphatic rings. The summed E-state index contributed by atoms with van der Waals surface area (Å²) in [4.78, 5) is 0. The summed E-state index contributed by atoms with van der Waals surface area (Å²) in [5, 5.41) is 6.97. The third kappa shape index (κ3) is 5.56. The average molecular weight is 445 g/mol. The van der Waals surface area contributed by atoms with E-state index in [2.05, 4.69) is 10.6 Å². The van der Waals surface area contributed by atoms with Crippen LogP contribution in [0.25, 0.3) is 0 Å². The summed E-state index contributed by atoms with van der Waals surface area (Å²) >= 11 is 0. The van der Waals surface area contributed by atoms with Gasteiger partial charge in [0.2, 0.25) is 0 Å². The normalized spacial score (nSPS) is 10.4. The molecule has 4 nitrogen and oxygen atoms in total. The van der Waals surface area contributed by atoms with Crippen LogP contribution in [0.3, 0.4) is 0 Å². The van der Waals surface area contributed by atoms with Crippen molar-refractivity contribution in [1.29, 1.82) is 0 Å². The first-order chi connectivity index (χ1) is 16.8. The molecule has 5 aromatic rings. The third-order valence-electron chi connectivity index (χ3n) is 5.15. The molecule has 0 saturated carbocycles. The zero-order chi connectivity index (χ0) is 23.0. The maximum absolute atomic E-state index is 5.88. The van der Waals surface area contributed by atoms with Gasteiger partial charge in [-0.25, -0.2) is 0 Å². The Morgan fingerprint density at radius 3 is 1.03 bits per heavy atom. The van der Waals surface area contributed by atoms with Gasteiger partial charge in [0.05, 0.1) is 11.4 Å². The van der Waals surface area contributed by atoms with Crippen LogP contribution in [0, 0.1) is 0 Å². The van der Waals surface area contributed by atoms with Gasteiger partial charge in [0.15, 0.2) is 0 Å². The topological polar surface area (TPSA) is 42.5 Å². The lowest BCUT2D eigenvalue weighted by molar-refractivity contribution is 0.482. The van der Waals surface area contributed by atoms with Crippen molar-refractivity contribution in [2.75, 3.05) is 10.6 Å². The van der Waals surface area contributed by atoms with Crippen molar-refractivity contribution in [3.63, 3.8) is 0 Å². The fourth-order valence-electron chi connectivity index (χ4n) is 3.47. The summed E-state index contributed by atoms with van der Waals surface area (Å²) < 4.78 is 11.8. The Morgan fingerprint density at radius 2 is 0.647 bits per heavy atom. The molecule has 0 amide bonds. The summed E-state index contributed by atoms with van der Waals surface area (Å²) in [6, 6.07) is 43.5. The Balaban J connectivity index is 1.25. The molecule has 0 aromatic heterocycles. The standard InChI is InChI=1S/C30H24N2O2/c1-3-9-25(10-4-1)33-27-19-15-23(16-20-27)31-29-13-7-8-14-30(29)32-24-17-21-28(22-18-24)34-26-11-5-2-6-12-26/h1-22,31-32H. The van der Waals surface area contributed by atoms with E-state index in [9.17, 15) is 0 Å². The summed E-state index contributed by atoms with van der Waals surface area (Å²) in [5.74, 6) is 3.22. The first kappa shape index (κ1) is 21.2. The fraction of sp³-hybridized carbons (Fsp3) is 0. The molecular formula is C30H24N2O2. The Hall–Kier alpha value is -4.70. The van der Waals surface area contributed by atoms with E-state index in [-0.39, 0.29) is 0 Å². The lowest BCUT2D eigenvalue weighted by Crippen LogP contribution is -1.97. The van der Waals surface area contributed by atoms with Gasteiger partial charge < -0.3 is 20.1 Å². The molecule has 34 heavy (non-hydrogen) atoms. The zero-order valence-corrected chi connectivity index (χ0v) is 18.5. The molecule has 0 spiro atoms. The molecule has 0 aliphatic heterocycles. The largest absolute Gasteiger partial charge is 0.457 e. The number of hydrogen-bond donors (Lipinski definition) is 2. The number of anilines is 4. The minimum atomic E-state index is 0.793. The number of nitrogens with one attached hydrogen (secondary N) is 2. The molecule has 4 heteroatoms. The molecule has 0 heterocycles. The molecule has 0 saturated heterocycles. The van der Waals surface area contributed by atoms with E-state index in [1.165, 1.54) is 0 Å². The number of benzene rings is 5. The maximum Gasteiger partial charge on any atom is 0.127 e. The monoisotopic (exact) mass is 444 g/mol. The highest BCUT2D eigenvalue weighted by Crippen LogP contribution is 2.31. The van der Waals surface area contributed by atoms with Crippen LogP contribution >= 0.6 is 0 Å². The highest BCUT2D eigenvalue weighted by Gasteiger charge is 2.05. The van der Waals surface area contributed by atoms with E-state index in [1.54, 1.807) is 0 Å². The molecule has 5 rings (SSSR count). The lowest BCUT2D eigenvalue weighted by atomic mass is 10.2. The van der Waals surface area contributed by atoms with Crippen molar-refractivity contribution in [2.24, 2.45) is 0 Å². The van der Waals surface area contributed by atoms with Crippen LogP contribution in [-0.2, 0) is 0 Å². The highest BCUT2D eigenvalue weighted by molar-refractivity contribution is 5.78. The molecule has 5 aromatic carbocycles. The fourth-order valence-corrected chi connectivity index (χ4v) is 3.47. The molecule has 0 fully saturated rings. The van der Waals surface area contributed by atoms with E-state index in [0.717, 1.165) is 45.7 Å². The van der Waals surface area contributed by atoms with Gasteiger partial charge in [0.1, 0.15) is 23.0 Å². The summed E-state index contributed by atoms with van der Waals surface area (Å²) in [5.41, 5.74) is 3.90. The summed E-state index contributed by atoms with van der Waals surface area (Å²) in [6.45, 7) is 0. The van der Waals surface area contributed by atoms with Gasteiger partial charge >= 0.3 is 0 Å². The van der Waals surface area contributed by atoms with E-state index in [1.807, 2.05) is 133 Å². The maximum atomic E-state index is 5.88. The Bertz CT molecular complexity index is 1210. The first-order valence-corrected chi connectivity index (χ1v) is 11.1. The van der Waals surface area contributed by atoms with Crippen molar-refractivity contribution in [3.8, 4) is 23.0 Å². The third-order valence-corrected chi connectivity index (χ3v) is 5.15. The Labute approximate surface area is 199 Å². The smallest absolute Gasteiger partial charge is 0.127 e. The molecule has 0 unspecified atom stereocenters. The minimum Gasteiger partial charge on any atom is -0.457 e. The van der Waals surface area contributed by atoms with Gasteiger partial charge in [0.25, 0.3) is 0 Å². The molecule has 0 atom stereocenters. The van der Waals surface area contributed by atoms with Gasteiger partial charge in [-0.15, -0.1) is 0 Å². The summed E-state index contributed by atoms with van der Waals surface area (Å²) in [6.07, 6.45) is 0. The van der Waals surface area contributed by atoms with Gasteiger partial charge in [-0.05, 0) is 84.9 Å². The van der Waals surface area contributed by atoms with Crippen LogP contribution in [0.5, 0.6) is 23.0 Å². The Morgan fingerprint density at radius 1 is 0.324 bits per heavy atom. The first-order valence-electron chi connectivity index (χ1n) is 11.1. The average Bonchev–Trinajstić information content (AvgIpc) is 2.89. The van der Waals surface area contributed by atoms with Crippen molar-refractivity contribution in [3.05, 3.63) is 133 Å². The van der Waals surface area contributed by atoms with E-state index < -0.39 is 0 Å². The van der Waals surface area contributed by atoms with Crippen LogP contribution < -0.4 is 20.1 Å². The van der Waals surface area contributed by atoms with Crippen LogP contribution in [0.4, 0.5) is 22.7 Å². The summed E-state index contributed by atoms with van der Waals surface area (Å²) in [7, 11) is 0. The van der Waals surface area contributed by atoms with E-state index in [0.29, 0.717) is 0 Å². The Kier molecular flexibility index (Phi) is 6.40. The van der Waals surface area contributed by atoms with Crippen LogP contribution in [0.15, 0.2) is 133 Å². The van der Waals surface area contributed by atoms with Gasteiger partial charge in [-0.3, -0.25) is 0 Å². The lowest BCUT2D eigenvalue weighted by Gasteiger charge is -2.15. The van der Waals surface area contributed by atoms with Gasteiger partial charge in [-0.1, -0.05) is 48.5 Å². The van der Waals surface area contributed by atoms with E-state index in [4.69, 9.17) is 9.47 Å². The highest BCUT2D eigenvalue weighted by atomic mass is 16.5. The van der Waals surface area contributed by atoms with Crippen molar-refractivity contribution in [1.82, 2.24) is 0 Å². The molecular weight excluding hydrogens is 420 g/mol. The van der Waals surface area contributed by atoms with Crippen molar-refractivity contribution >= 4 is 22.7 Å². The number of rotatable bonds is 8. The predicted molar refractivity (Wildman–Crippen MR) is 139 cm³/mol. The molecule has 0 aliphatic carbocycles. The SMILES string of the molecule is c1ccc(Oc2ccc(Nc3ccccc3Nc3ccc(Oc4ccccc4)cc3)cc2)cc1. The molecule has 0 bridgehead atoms.